The highest BCUT2D eigenvalue weighted by atomic mass is 16.1. The molecule has 1 atom stereocenters. The third kappa shape index (κ3) is 4.52. The highest BCUT2D eigenvalue weighted by Crippen LogP contribution is 2.22. The minimum Gasteiger partial charge on any atom is -0.368 e. The first-order valence-electron chi connectivity index (χ1n) is 6.64. The van der Waals surface area contributed by atoms with Gasteiger partial charge in [-0.1, -0.05) is 39.5 Å². The van der Waals surface area contributed by atoms with E-state index in [2.05, 4.69) is 5.32 Å². The highest BCUT2D eigenvalue weighted by molar-refractivity contribution is 5.80. The summed E-state index contributed by atoms with van der Waals surface area (Å²) in [5.74, 6) is 0.801. The molecule has 0 heterocycles. The van der Waals surface area contributed by atoms with Crippen molar-refractivity contribution in [3.63, 3.8) is 0 Å². The Morgan fingerprint density at radius 2 is 1.81 bits per heavy atom. The smallest absolute Gasteiger partial charge is 0.234 e. The largest absolute Gasteiger partial charge is 0.368 e. The van der Waals surface area contributed by atoms with Crippen molar-refractivity contribution in [1.29, 1.82) is 0 Å². The van der Waals surface area contributed by atoms with Crippen molar-refractivity contribution in [3.05, 3.63) is 0 Å². The molecule has 0 aromatic heterocycles. The van der Waals surface area contributed by atoms with Crippen molar-refractivity contribution < 1.29 is 4.79 Å². The van der Waals surface area contributed by atoms with E-state index in [1.54, 1.807) is 0 Å². The van der Waals surface area contributed by atoms with Crippen LogP contribution in [0.1, 0.15) is 52.4 Å². The second kappa shape index (κ2) is 6.89. The Labute approximate surface area is 99.2 Å². The lowest BCUT2D eigenvalue weighted by molar-refractivity contribution is -0.121. The van der Waals surface area contributed by atoms with Crippen molar-refractivity contribution >= 4 is 5.91 Å². The Hall–Kier alpha value is -0.570. The number of hydrogen-bond donors (Lipinski definition) is 2. The van der Waals surface area contributed by atoms with E-state index in [4.69, 9.17) is 5.73 Å². The Bertz CT molecular complexity index is 208. The monoisotopic (exact) mass is 226 g/mol. The topological polar surface area (TPSA) is 55.1 Å². The quantitative estimate of drug-likeness (QED) is 0.705. The maximum Gasteiger partial charge on any atom is 0.234 e. The maximum atomic E-state index is 11.2. The predicted molar refractivity (Wildman–Crippen MR) is 67.0 cm³/mol. The number of nitrogens with one attached hydrogen (secondary N) is 1. The summed E-state index contributed by atoms with van der Waals surface area (Å²) in [4.78, 5) is 11.2. The van der Waals surface area contributed by atoms with Gasteiger partial charge in [0.05, 0.1) is 6.04 Å². The maximum absolute atomic E-state index is 11.2. The van der Waals surface area contributed by atoms with Gasteiger partial charge in [0, 0.05) is 0 Å². The van der Waals surface area contributed by atoms with Gasteiger partial charge >= 0.3 is 0 Å². The zero-order valence-corrected chi connectivity index (χ0v) is 10.7. The van der Waals surface area contributed by atoms with Crippen LogP contribution in [-0.2, 0) is 4.79 Å². The van der Waals surface area contributed by atoms with Crippen LogP contribution in [-0.4, -0.2) is 18.5 Å². The van der Waals surface area contributed by atoms with Crippen molar-refractivity contribution in [2.45, 2.75) is 58.4 Å². The first kappa shape index (κ1) is 13.5. The van der Waals surface area contributed by atoms with Crippen LogP contribution in [0, 0.1) is 11.8 Å². The van der Waals surface area contributed by atoms with E-state index in [0.717, 1.165) is 12.5 Å². The van der Waals surface area contributed by atoms with Crippen LogP contribution in [0.4, 0.5) is 0 Å². The fraction of sp³-hybridized carbons (Fsp3) is 0.923. The predicted octanol–water partition coefficient (Wildman–Crippen LogP) is 2.06. The number of carbonyl (C=O) groups is 1. The standard InChI is InChI=1S/C13H26N2O/c1-10(2)12(13(14)16)15-9-11-7-5-3-4-6-8-11/h10-12,15H,3-9H2,1-2H3,(H2,14,16). The lowest BCUT2D eigenvalue weighted by atomic mass is 9.98. The molecule has 1 rings (SSSR count). The van der Waals surface area contributed by atoms with Crippen LogP contribution >= 0.6 is 0 Å². The molecule has 0 saturated heterocycles. The summed E-state index contributed by atoms with van der Waals surface area (Å²) in [6, 6.07) is -0.164. The number of primary amides is 1. The zero-order chi connectivity index (χ0) is 12.0. The van der Waals surface area contributed by atoms with Gasteiger partial charge < -0.3 is 11.1 Å². The third-order valence-corrected chi connectivity index (χ3v) is 3.57. The summed E-state index contributed by atoms with van der Waals surface area (Å²) in [7, 11) is 0. The molecule has 3 nitrogen and oxygen atoms in total. The molecule has 3 heteroatoms. The van der Waals surface area contributed by atoms with Gasteiger partial charge in [-0.15, -0.1) is 0 Å². The Morgan fingerprint density at radius 1 is 1.25 bits per heavy atom. The summed E-state index contributed by atoms with van der Waals surface area (Å²) in [6.07, 6.45) is 8.04. The molecular weight excluding hydrogens is 200 g/mol. The Balaban J connectivity index is 2.32. The summed E-state index contributed by atoms with van der Waals surface area (Å²) in [5.41, 5.74) is 5.38. The van der Waals surface area contributed by atoms with Gasteiger partial charge in [0.25, 0.3) is 0 Å². The average molecular weight is 226 g/mol. The van der Waals surface area contributed by atoms with Crippen molar-refractivity contribution in [2.75, 3.05) is 6.54 Å². The molecule has 0 aliphatic heterocycles. The van der Waals surface area contributed by atoms with Crippen molar-refractivity contribution in [1.82, 2.24) is 5.32 Å². The Morgan fingerprint density at radius 3 is 2.25 bits per heavy atom. The van der Waals surface area contributed by atoms with Crippen LogP contribution in [0.5, 0.6) is 0 Å². The highest BCUT2D eigenvalue weighted by Gasteiger charge is 2.20. The van der Waals surface area contributed by atoms with E-state index < -0.39 is 0 Å². The van der Waals surface area contributed by atoms with E-state index in [-0.39, 0.29) is 17.9 Å². The first-order chi connectivity index (χ1) is 7.61. The molecular formula is C13H26N2O. The van der Waals surface area contributed by atoms with Crippen molar-refractivity contribution in [3.8, 4) is 0 Å². The zero-order valence-electron chi connectivity index (χ0n) is 10.7. The van der Waals surface area contributed by atoms with E-state index in [9.17, 15) is 4.79 Å². The fourth-order valence-corrected chi connectivity index (χ4v) is 2.53. The molecule has 1 fully saturated rings. The van der Waals surface area contributed by atoms with Gasteiger partial charge in [-0.05, 0) is 31.2 Å². The molecule has 0 spiro atoms. The number of nitrogens with two attached hydrogens (primary N) is 1. The summed E-state index contributed by atoms with van der Waals surface area (Å²) >= 11 is 0. The lowest BCUT2D eigenvalue weighted by Crippen LogP contribution is -2.46. The summed E-state index contributed by atoms with van der Waals surface area (Å²) in [6.45, 7) is 5.02. The minimum atomic E-state index is -0.219. The van der Waals surface area contributed by atoms with Crippen LogP contribution in [0.3, 0.4) is 0 Å². The van der Waals surface area contributed by atoms with Gasteiger partial charge in [-0.25, -0.2) is 0 Å². The van der Waals surface area contributed by atoms with Gasteiger partial charge in [-0.3, -0.25) is 4.79 Å². The second-order valence-electron chi connectivity index (χ2n) is 5.39. The van der Waals surface area contributed by atoms with Gasteiger partial charge in [0.15, 0.2) is 0 Å². The van der Waals surface area contributed by atoms with Gasteiger partial charge in [0.1, 0.15) is 0 Å². The van der Waals surface area contributed by atoms with Crippen LogP contribution < -0.4 is 11.1 Å². The molecule has 0 aromatic carbocycles. The SMILES string of the molecule is CC(C)C(NCC1CCCCCC1)C(N)=O. The normalized spacial score (nSPS) is 20.7. The number of hydrogen-bond acceptors (Lipinski definition) is 2. The number of carbonyl (C=O) groups excluding carboxylic acids is 1. The molecule has 1 saturated carbocycles. The summed E-state index contributed by atoms with van der Waals surface area (Å²) < 4.78 is 0. The molecule has 0 aromatic rings. The average Bonchev–Trinajstić information content (AvgIpc) is 2.45. The molecule has 1 unspecified atom stereocenters. The second-order valence-corrected chi connectivity index (χ2v) is 5.39. The Kier molecular flexibility index (Phi) is 5.81. The molecule has 3 N–H and O–H groups in total. The van der Waals surface area contributed by atoms with E-state index in [1.165, 1.54) is 38.5 Å². The molecule has 1 amide bonds. The summed E-state index contributed by atoms with van der Waals surface area (Å²) in [5, 5.41) is 3.34. The lowest BCUT2D eigenvalue weighted by Gasteiger charge is -2.22. The van der Waals surface area contributed by atoms with Crippen LogP contribution in [0.25, 0.3) is 0 Å². The fourth-order valence-electron chi connectivity index (χ4n) is 2.53. The van der Waals surface area contributed by atoms with E-state index >= 15 is 0 Å². The minimum absolute atomic E-state index is 0.164. The molecule has 1 aliphatic carbocycles. The van der Waals surface area contributed by atoms with Gasteiger partial charge in [0.2, 0.25) is 5.91 Å². The molecule has 0 radical (unpaired) electrons. The number of rotatable bonds is 5. The van der Waals surface area contributed by atoms with E-state index in [1.807, 2.05) is 13.8 Å². The molecule has 1 aliphatic rings. The molecule has 94 valence electrons. The first-order valence-corrected chi connectivity index (χ1v) is 6.64. The third-order valence-electron chi connectivity index (χ3n) is 3.57. The van der Waals surface area contributed by atoms with Gasteiger partial charge in [-0.2, -0.15) is 0 Å². The molecule has 16 heavy (non-hydrogen) atoms. The number of amides is 1. The van der Waals surface area contributed by atoms with Crippen LogP contribution in [0.2, 0.25) is 0 Å². The van der Waals surface area contributed by atoms with Crippen LogP contribution in [0.15, 0.2) is 0 Å². The van der Waals surface area contributed by atoms with Crippen molar-refractivity contribution in [2.24, 2.45) is 17.6 Å². The van der Waals surface area contributed by atoms with E-state index in [0.29, 0.717) is 0 Å². The molecule has 0 bridgehead atoms.